The van der Waals surface area contributed by atoms with E-state index in [9.17, 15) is 13.6 Å². The molecule has 0 fully saturated rings. The summed E-state index contributed by atoms with van der Waals surface area (Å²) in [6.45, 7) is 4.97. The molecule has 1 rings (SSSR count). The summed E-state index contributed by atoms with van der Waals surface area (Å²) in [6.07, 6.45) is -2.06. The van der Waals surface area contributed by atoms with E-state index in [1.165, 1.54) is 4.68 Å². The highest BCUT2D eigenvalue weighted by Crippen LogP contribution is 2.28. The van der Waals surface area contributed by atoms with Gasteiger partial charge in [0.1, 0.15) is 12.2 Å². The highest BCUT2D eigenvalue weighted by atomic mass is 35.5. The Morgan fingerprint density at radius 2 is 2.25 bits per heavy atom. The van der Waals surface area contributed by atoms with Crippen molar-refractivity contribution in [1.29, 1.82) is 0 Å². The Balaban J connectivity index is 2.48. The van der Waals surface area contributed by atoms with Crippen LogP contribution in [0.5, 0.6) is 0 Å². The fourth-order valence-corrected chi connectivity index (χ4v) is 1.80. The summed E-state index contributed by atoms with van der Waals surface area (Å²) < 4.78 is 31.5. The number of hydrogen-bond acceptors (Lipinski definition) is 3. The van der Waals surface area contributed by atoms with Gasteiger partial charge >= 0.3 is 0 Å². The van der Waals surface area contributed by atoms with Crippen LogP contribution in [0.2, 0.25) is 5.02 Å². The van der Waals surface area contributed by atoms with Gasteiger partial charge in [0.25, 0.3) is 6.43 Å². The molecule has 114 valence electrons. The van der Waals surface area contributed by atoms with E-state index in [0.29, 0.717) is 31.9 Å². The summed E-state index contributed by atoms with van der Waals surface area (Å²) in [7, 11) is 0. The minimum absolute atomic E-state index is 0.0934. The number of alkyl halides is 2. The smallest absolute Gasteiger partial charge is 0.283 e. The SMILES string of the molecule is CCOCCCNC(=O)Cn1nc(C(F)F)c(Cl)c1C. The number of aromatic nitrogens is 2. The van der Waals surface area contributed by atoms with E-state index in [-0.39, 0.29) is 17.5 Å². The maximum Gasteiger partial charge on any atom is 0.283 e. The molecule has 0 aliphatic heterocycles. The predicted molar refractivity (Wildman–Crippen MR) is 71.1 cm³/mol. The van der Waals surface area contributed by atoms with Gasteiger partial charge in [-0.05, 0) is 20.3 Å². The lowest BCUT2D eigenvalue weighted by Gasteiger charge is -2.06. The van der Waals surface area contributed by atoms with Crippen molar-refractivity contribution in [3.8, 4) is 0 Å². The summed E-state index contributed by atoms with van der Waals surface area (Å²) in [5.41, 5.74) is -0.139. The minimum atomic E-state index is -2.75. The molecule has 20 heavy (non-hydrogen) atoms. The quantitative estimate of drug-likeness (QED) is 0.750. The topological polar surface area (TPSA) is 56.1 Å². The molecule has 0 aromatic carbocycles. The third-order valence-electron chi connectivity index (χ3n) is 2.65. The molecule has 0 saturated carbocycles. The van der Waals surface area contributed by atoms with Gasteiger partial charge in [-0.3, -0.25) is 9.48 Å². The molecule has 0 aliphatic carbocycles. The third kappa shape index (κ3) is 4.72. The number of nitrogens with zero attached hydrogens (tertiary/aromatic N) is 2. The van der Waals surface area contributed by atoms with Gasteiger partial charge in [0.15, 0.2) is 0 Å². The lowest BCUT2D eigenvalue weighted by molar-refractivity contribution is -0.121. The summed E-state index contributed by atoms with van der Waals surface area (Å²) in [5, 5.41) is 6.23. The van der Waals surface area contributed by atoms with Crippen LogP contribution in [-0.4, -0.2) is 35.4 Å². The molecule has 0 bridgehead atoms. The third-order valence-corrected chi connectivity index (χ3v) is 3.12. The molecule has 0 aliphatic rings. The standard InChI is InChI=1S/C12H18ClF2N3O2/c1-3-20-6-4-5-16-9(19)7-18-8(2)10(13)11(17-18)12(14)15/h12H,3-7H2,1-2H3,(H,16,19). The first-order valence-electron chi connectivity index (χ1n) is 6.32. The van der Waals surface area contributed by atoms with Crippen molar-refractivity contribution < 1.29 is 18.3 Å². The van der Waals surface area contributed by atoms with Crippen LogP contribution in [0.4, 0.5) is 8.78 Å². The van der Waals surface area contributed by atoms with E-state index < -0.39 is 12.1 Å². The molecular weight excluding hydrogens is 292 g/mol. The number of amides is 1. The Labute approximate surface area is 121 Å². The van der Waals surface area contributed by atoms with Crippen LogP contribution < -0.4 is 5.32 Å². The van der Waals surface area contributed by atoms with Crippen molar-refractivity contribution in [3.63, 3.8) is 0 Å². The number of nitrogens with one attached hydrogen (secondary N) is 1. The molecule has 0 saturated heterocycles. The molecule has 0 unspecified atom stereocenters. The number of ether oxygens (including phenoxy) is 1. The fourth-order valence-electron chi connectivity index (χ4n) is 1.58. The van der Waals surface area contributed by atoms with Gasteiger partial charge in [-0.2, -0.15) is 5.10 Å². The molecule has 1 amide bonds. The molecule has 5 nitrogen and oxygen atoms in total. The van der Waals surface area contributed by atoms with E-state index in [1.54, 1.807) is 6.92 Å². The zero-order valence-corrected chi connectivity index (χ0v) is 12.2. The number of rotatable bonds is 8. The minimum Gasteiger partial charge on any atom is -0.382 e. The Morgan fingerprint density at radius 1 is 1.55 bits per heavy atom. The number of hydrogen-bond donors (Lipinski definition) is 1. The van der Waals surface area contributed by atoms with Gasteiger partial charge < -0.3 is 10.1 Å². The van der Waals surface area contributed by atoms with Gasteiger partial charge in [0, 0.05) is 19.8 Å². The Morgan fingerprint density at radius 3 is 2.80 bits per heavy atom. The second-order valence-electron chi connectivity index (χ2n) is 4.14. The predicted octanol–water partition coefficient (Wildman–Crippen LogP) is 2.33. The largest absolute Gasteiger partial charge is 0.382 e. The maximum atomic E-state index is 12.6. The van der Waals surface area contributed by atoms with Gasteiger partial charge in [-0.1, -0.05) is 11.6 Å². The first-order valence-corrected chi connectivity index (χ1v) is 6.70. The molecule has 0 atom stereocenters. The molecule has 0 spiro atoms. The van der Waals surface area contributed by atoms with Crippen LogP contribution in [0, 0.1) is 6.92 Å². The van der Waals surface area contributed by atoms with E-state index in [1.807, 2.05) is 6.92 Å². The lowest BCUT2D eigenvalue weighted by Crippen LogP contribution is -2.29. The van der Waals surface area contributed by atoms with E-state index in [0.717, 1.165) is 0 Å². The Kier molecular flexibility index (Phi) is 6.87. The Bertz CT molecular complexity index is 452. The van der Waals surface area contributed by atoms with Gasteiger partial charge in [-0.15, -0.1) is 0 Å². The van der Waals surface area contributed by atoms with Crippen LogP contribution in [-0.2, 0) is 16.1 Å². The zero-order valence-electron chi connectivity index (χ0n) is 11.5. The molecule has 1 heterocycles. The molecule has 1 N–H and O–H groups in total. The lowest BCUT2D eigenvalue weighted by atomic mass is 10.4. The van der Waals surface area contributed by atoms with Crippen molar-refractivity contribution in [2.45, 2.75) is 33.2 Å². The second-order valence-corrected chi connectivity index (χ2v) is 4.52. The summed E-state index contributed by atoms with van der Waals surface area (Å²) in [4.78, 5) is 11.6. The van der Waals surface area contributed by atoms with Crippen LogP contribution in [0.25, 0.3) is 0 Å². The summed E-state index contributed by atoms with van der Waals surface area (Å²) >= 11 is 5.74. The van der Waals surface area contributed by atoms with Crippen molar-refractivity contribution in [2.75, 3.05) is 19.8 Å². The van der Waals surface area contributed by atoms with Crippen molar-refractivity contribution in [1.82, 2.24) is 15.1 Å². The average molecular weight is 310 g/mol. The van der Waals surface area contributed by atoms with Gasteiger partial charge in [0.2, 0.25) is 5.91 Å². The van der Waals surface area contributed by atoms with Crippen molar-refractivity contribution >= 4 is 17.5 Å². The van der Waals surface area contributed by atoms with Gasteiger partial charge in [-0.25, -0.2) is 8.78 Å². The Hall–Kier alpha value is -1.21. The molecule has 8 heteroatoms. The second kappa shape index (κ2) is 8.16. The number of carbonyl (C=O) groups excluding carboxylic acids is 1. The number of halogens is 3. The normalized spacial score (nSPS) is 11.1. The maximum absolute atomic E-state index is 12.6. The molecule has 1 aromatic heterocycles. The monoisotopic (exact) mass is 309 g/mol. The van der Waals surface area contributed by atoms with E-state index >= 15 is 0 Å². The van der Waals surface area contributed by atoms with E-state index in [4.69, 9.17) is 16.3 Å². The van der Waals surface area contributed by atoms with Crippen LogP contribution in [0.3, 0.4) is 0 Å². The first kappa shape index (κ1) is 16.8. The van der Waals surface area contributed by atoms with Crippen LogP contribution in [0.15, 0.2) is 0 Å². The molecule has 0 radical (unpaired) electrons. The van der Waals surface area contributed by atoms with Crippen molar-refractivity contribution in [3.05, 3.63) is 16.4 Å². The number of carbonyl (C=O) groups is 1. The zero-order chi connectivity index (χ0) is 15.1. The molecule has 1 aromatic rings. The fraction of sp³-hybridized carbons (Fsp3) is 0.667. The summed E-state index contributed by atoms with van der Waals surface area (Å²) in [6, 6.07) is 0. The van der Waals surface area contributed by atoms with Crippen LogP contribution >= 0.6 is 11.6 Å². The van der Waals surface area contributed by atoms with Gasteiger partial charge in [0.05, 0.1) is 10.7 Å². The summed E-state index contributed by atoms with van der Waals surface area (Å²) in [5.74, 6) is -0.301. The van der Waals surface area contributed by atoms with Crippen LogP contribution in [0.1, 0.15) is 31.2 Å². The molecular formula is C12H18ClF2N3O2. The average Bonchev–Trinajstić information content (AvgIpc) is 2.67. The first-order chi connectivity index (χ1) is 9.47. The highest BCUT2D eigenvalue weighted by molar-refractivity contribution is 6.31. The highest BCUT2D eigenvalue weighted by Gasteiger charge is 2.21. The van der Waals surface area contributed by atoms with E-state index in [2.05, 4.69) is 10.4 Å². The van der Waals surface area contributed by atoms with Crippen molar-refractivity contribution in [2.24, 2.45) is 0 Å².